The quantitative estimate of drug-likeness (QED) is 0.588. The van der Waals surface area contributed by atoms with Crippen molar-refractivity contribution in [2.45, 2.75) is 10.9 Å². The number of amides is 2. The van der Waals surface area contributed by atoms with E-state index in [1.807, 2.05) is 5.32 Å². The SMILES string of the molecule is CS(=O)(=O)c1ccc(NC(=O)N[C@H](CO)C(=O)O)cc1. The van der Waals surface area contributed by atoms with Crippen molar-refractivity contribution in [3.63, 3.8) is 0 Å². The number of aliphatic hydroxyl groups excluding tert-OH is 1. The number of hydrogen-bond acceptors (Lipinski definition) is 5. The minimum Gasteiger partial charge on any atom is -0.480 e. The van der Waals surface area contributed by atoms with Gasteiger partial charge in [0.15, 0.2) is 15.9 Å². The van der Waals surface area contributed by atoms with E-state index in [-0.39, 0.29) is 10.6 Å². The summed E-state index contributed by atoms with van der Waals surface area (Å²) in [5, 5.41) is 21.8. The number of carbonyl (C=O) groups excluding carboxylic acids is 1. The van der Waals surface area contributed by atoms with E-state index in [0.717, 1.165) is 6.26 Å². The number of aliphatic carboxylic acids is 1. The summed E-state index contributed by atoms with van der Waals surface area (Å²) in [7, 11) is -3.32. The van der Waals surface area contributed by atoms with Crippen molar-refractivity contribution < 1.29 is 28.2 Å². The van der Waals surface area contributed by atoms with Crippen molar-refractivity contribution in [1.29, 1.82) is 0 Å². The maximum atomic E-state index is 11.5. The van der Waals surface area contributed by atoms with E-state index in [0.29, 0.717) is 0 Å². The highest BCUT2D eigenvalue weighted by molar-refractivity contribution is 7.90. The fourth-order valence-electron chi connectivity index (χ4n) is 1.30. The van der Waals surface area contributed by atoms with Gasteiger partial charge >= 0.3 is 12.0 Å². The molecule has 110 valence electrons. The first kappa shape index (κ1) is 15.9. The maximum Gasteiger partial charge on any atom is 0.328 e. The molecule has 0 saturated carbocycles. The molecule has 0 spiro atoms. The summed E-state index contributed by atoms with van der Waals surface area (Å²) in [5.41, 5.74) is 0.289. The van der Waals surface area contributed by atoms with Crippen LogP contribution in [0.5, 0.6) is 0 Å². The van der Waals surface area contributed by atoms with Gasteiger partial charge in [-0.3, -0.25) is 0 Å². The van der Waals surface area contributed by atoms with Crippen LogP contribution in [0.15, 0.2) is 29.2 Å². The standard InChI is InChI=1S/C11H14N2O6S/c1-20(18,19)8-4-2-7(3-5-8)12-11(17)13-9(6-14)10(15)16/h2-5,9,14H,6H2,1H3,(H,15,16)(H2,12,13,17)/t9-/m1/s1. The summed E-state index contributed by atoms with van der Waals surface area (Å²) < 4.78 is 22.5. The molecule has 4 N–H and O–H groups in total. The molecule has 0 aromatic heterocycles. The van der Waals surface area contributed by atoms with E-state index in [1.165, 1.54) is 24.3 Å². The van der Waals surface area contributed by atoms with E-state index >= 15 is 0 Å². The van der Waals surface area contributed by atoms with E-state index in [1.54, 1.807) is 0 Å². The monoisotopic (exact) mass is 302 g/mol. The van der Waals surface area contributed by atoms with Crippen molar-refractivity contribution in [2.75, 3.05) is 18.2 Å². The molecule has 20 heavy (non-hydrogen) atoms. The number of sulfone groups is 1. The Balaban J connectivity index is 2.70. The Hall–Kier alpha value is -2.13. The van der Waals surface area contributed by atoms with Gasteiger partial charge in [-0.25, -0.2) is 18.0 Å². The van der Waals surface area contributed by atoms with Crippen molar-refractivity contribution in [3.05, 3.63) is 24.3 Å². The number of aliphatic hydroxyl groups is 1. The predicted molar refractivity (Wildman–Crippen MR) is 70.2 cm³/mol. The van der Waals surface area contributed by atoms with Crippen molar-refractivity contribution >= 4 is 27.5 Å². The van der Waals surface area contributed by atoms with Crippen LogP contribution >= 0.6 is 0 Å². The second kappa shape index (κ2) is 6.35. The first-order valence-corrected chi connectivity index (χ1v) is 7.34. The minimum atomic E-state index is -3.32. The second-order valence-corrected chi connectivity index (χ2v) is 5.98. The van der Waals surface area contributed by atoms with Gasteiger partial charge in [0, 0.05) is 11.9 Å². The molecule has 0 heterocycles. The fraction of sp³-hybridized carbons (Fsp3) is 0.273. The molecule has 0 saturated heterocycles. The van der Waals surface area contributed by atoms with Gasteiger partial charge in [-0.1, -0.05) is 0 Å². The van der Waals surface area contributed by atoms with Gasteiger partial charge in [-0.05, 0) is 24.3 Å². The molecule has 1 rings (SSSR count). The van der Waals surface area contributed by atoms with Gasteiger partial charge < -0.3 is 20.8 Å². The Labute approximate surface area is 115 Å². The number of carbonyl (C=O) groups is 2. The molecular formula is C11H14N2O6S. The Kier molecular flexibility index (Phi) is 5.06. The lowest BCUT2D eigenvalue weighted by Crippen LogP contribution is -2.45. The van der Waals surface area contributed by atoms with Crippen molar-refractivity contribution in [1.82, 2.24) is 5.32 Å². The highest BCUT2D eigenvalue weighted by atomic mass is 32.2. The molecule has 0 aliphatic rings. The average molecular weight is 302 g/mol. The summed E-state index contributed by atoms with van der Waals surface area (Å²) >= 11 is 0. The number of carboxylic acids is 1. The summed E-state index contributed by atoms with van der Waals surface area (Å²) in [4.78, 5) is 22.2. The van der Waals surface area contributed by atoms with E-state index in [9.17, 15) is 18.0 Å². The molecular weight excluding hydrogens is 288 g/mol. The molecule has 0 aliphatic carbocycles. The van der Waals surface area contributed by atoms with Gasteiger partial charge in [0.25, 0.3) is 0 Å². The average Bonchev–Trinajstić information content (AvgIpc) is 2.35. The Bertz CT molecular complexity index is 596. The van der Waals surface area contributed by atoms with E-state index in [2.05, 4.69) is 5.32 Å². The van der Waals surface area contributed by atoms with Crippen LogP contribution in [-0.2, 0) is 14.6 Å². The molecule has 9 heteroatoms. The first-order valence-electron chi connectivity index (χ1n) is 5.45. The van der Waals surface area contributed by atoms with Crippen LogP contribution in [0, 0.1) is 0 Å². The Morgan fingerprint density at radius 3 is 2.20 bits per heavy atom. The molecule has 1 aromatic rings. The second-order valence-electron chi connectivity index (χ2n) is 3.97. The Morgan fingerprint density at radius 2 is 1.80 bits per heavy atom. The zero-order valence-corrected chi connectivity index (χ0v) is 11.3. The normalized spacial score (nSPS) is 12.5. The molecule has 0 unspecified atom stereocenters. The van der Waals surface area contributed by atoms with Gasteiger partial charge in [0.05, 0.1) is 11.5 Å². The zero-order chi connectivity index (χ0) is 15.3. The summed E-state index contributed by atoms with van der Waals surface area (Å²) in [5.74, 6) is -1.37. The van der Waals surface area contributed by atoms with Crippen LogP contribution in [0.25, 0.3) is 0 Å². The molecule has 0 bridgehead atoms. The highest BCUT2D eigenvalue weighted by Crippen LogP contribution is 2.13. The predicted octanol–water partition coefficient (Wildman–Crippen LogP) is -0.343. The molecule has 2 amide bonds. The van der Waals surface area contributed by atoms with E-state index in [4.69, 9.17) is 10.2 Å². The molecule has 1 atom stereocenters. The third kappa shape index (κ3) is 4.52. The molecule has 0 fully saturated rings. The number of anilines is 1. The third-order valence-corrected chi connectivity index (χ3v) is 3.45. The lowest BCUT2D eigenvalue weighted by atomic mass is 10.3. The summed E-state index contributed by atoms with van der Waals surface area (Å²) in [6, 6.07) is 3.12. The lowest BCUT2D eigenvalue weighted by molar-refractivity contribution is -0.140. The summed E-state index contributed by atoms with van der Waals surface area (Å²) in [6.07, 6.45) is 1.06. The number of hydrogen-bond donors (Lipinski definition) is 4. The number of benzene rings is 1. The smallest absolute Gasteiger partial charge is 0.328 e. The largest absolute Gasteiger partial charge is 0.480 e. The Morgan fingerprint density at radius 1 is 1.25 bits per heavy atom. The number of carboxylic acid groups (broad SMARTS) is 1. The van der Waals surface area contributed by atoms with Crippen LogP contribution in [0.1, 0.15) is 0 Å². The third-order valence-electron chi connectivity index (χ3n) is 2.33. The van der Waals surface area contributed by atoms with Gasteiger partial charge in [0.2, 0.25) is 0 Å². The van der Waals surface area contributed by atoms with Crippen LogP contribution in [0.2, 0.25) is 0 Å². The lowest BCUT2D eigenvalue weighted by Gasteiger charge is -2.12. The maximum absolute atomic E-state index is 11.5. The zero-order valence-electron chi connectivity index (χ0n) is 10.5. The minimum absolute atomic E-state index is 0.0993. The van der Waals surface area contributed by atoms with Crippen LogP contribution in [0.4, 0.5) is 10.5 Å². The van der Waals surface area contributed by atoms with Crippen molar-refractivity contribution in [2.24, 2.45) is 0 Å². The van der Waals surface area contributed by atoms with Gasteiger partial charge in [-0.15, -0.1) is 0 Å². The molecule has 0 radical (unpaired) electrons. The van der Waals surface area contributed by atoms with Crippen LogP contribution in [0.3, 0.4) is 0 Å². The first-order chi connectivity index (χ1) is 9.24. The topological polar surface area (TPSA) is 133 Å². The molecule has 1 aromatic carbocycles. The number of urea groups is 1. The highest BCUT2D eigenvalue weighted by Gasteiger charge is 2.18. The summed E-state index contributed by atoms with van der Waals surface area (Å²) in [6.45, 7) is -0.740. The van der Waals surface area contributed by atoms with E-state index < -0.39 is 34.5 Å². The van der Waals surface area contributed by atoms with Crippen LogP contribution < -0.4 is 10.6 Å². The van der Waals surface area contributed by atoms with Gasteiger partial charge in [-0.2, -0.15) is 0 Å². The molecule has 0 aliphatic heterocycles. The van der Waals surface area contributed by atoms with Crippen LogP contribution in [-0.4, -0.2) is 49.5 Å². The fourth-order valence-corrected chi connectivity index (χ4v) is 1.93. The van der Waals surface area contributed by atoms with Crippen molar-refractivity contribution in [3.8, 4) is 0 Å². The molecule has 8 nitrogen and oxygen atoms in total. The van der Waals surface area contributed by atoms with Gasteiger partial charge in [0.1, 0.15) is 0 Å². The number of nitrogens with one attached hydrogen (secondary N) is 2. The number of rotatable bonds is 5.